The summed E-state index contributed by atoms with van der Waals surface area (Å²) < 4.78 is 5.23. The molecule has 0 heterocycles. The highest BCUT2D eigenvalue weighted by molar-refractivity contribution is 6.31. The lowest BCUT2D eigenvalue weighted by atomic mass is 10.1. The van der Waals surface area contributed by atoms with Crippen LogP contribution in [-0.2, 0) is 0 Å². The second-order valence-corrected chi connectivity index (χ2v) is 3.84. The van der Waals surface area contributed by atoms with Crippen LogP contribution in [0, 0.1) is 11.8 Å². The molecule has 0 radical (unpaired) electrons. The van der Waals surface area contributed by atoms with Gasteiger partial charge in [0.25, 0.3) is 0 Å². The first-order valence-corrected chi connectivity index (χ1v) is 5.58. The van der Waals surface area contributed by atoms with Crippen LogP contribution >= 0.6 is 11.6 Å². The number of rotatable bonds is 1. The average Bonchev–Trinajstić information content (AvgIpc) is 2.38. The van der Waals surface area contributed by atoms with Crippen LogP contribution in [0.5, 0.6) is 5.75 Å². The van der Waals surface area contributed by atoms with Crippen LogP contribution in [0.4, 0.5) is 0 Å². The van der Waals surface area contributed by atoms with Gasteiger partial charge in [-0.3, -0.25) is 0 Å². The fraction of sp³-hybridized carbons (Fsp3) is 0.0667. The predicted octanol–water partition coefficient (Wildman–Crippen LogP) is 3.75. The van der Waals surface area contributed by atoms with Crippen LogP contribution in [0.15, 0.2) is 48.5 Å². The van der Waals surface area contributed by atoms with E-state index in [9.17, 15) is 0 Å². The van der Waals surface area contributed by atoms with Gasteiger partial charge < -0.3 is 4.74 Å². The highest BCUT2D eigenvalue weighted by Crippen LogP contribution is 2.17. The third-order valence-corrected chi connectivity index (χ3v) is 2.64. The molecule has 0 fully saturated rings. The second-order valence-electron chi connectivity index (χ2n) is 3.43. The Kier molecular flexibility index (Phi) is 3.69. The molecule has 0 atom stereocenters. The predicted molar refractivity (Wildman–Crippen MR) is 70.4 cm³/mol. The van der Waals surface area contributed by atoms with Crippen LogP contribution < -0.4 is 4.74 Å². The number of ether oxygens (including phenoxy) is 1. The van der Waals surface area contributed by atoms with Crippen LogP contribution in [-0.4, -0.2) is 7.11 Å². The van der Waals surface area contributed by atoms with Crippen molar-refractivity contribution in [2.45, 2.75) is 0 Å². The quantitative estimate of drug-likeness (QED) is 0.692. The van der Waals surface area contributed by atoms with E-state index in [0.29, 0.717) is 5.02 Å². The Morgan fingerprint density at radius 3 is 2.18 bits per heavy atom. The van der Waals surface area contributed by atoms with Crippen molar-refractivity contribution in [1.29, 1.82) is 0 Å². The summed E-state index contributed by atoms with van der Waals surface area (Å²) in [5, 5.41) is 0.662. The van der Waals surface area contributed by atoms with Gasteiger partial charge in [-0.05, 0) is 24.3 Å². The van der Waals surface area contributed by atoms with Crippen molar-refractivity contribution in [1.82, 2.24) is 0 Å². The Hall–Kier alpha value is -1.91. The normalized spacial score (nSPS) is 9.29. The average molecular weight is 243 g/mol. The van der Waals surface area contributed by atoms with Crippen LogP contribution in [0.2, 0.25) is 5.02 Å². The molecule has 0 bridgehead atoms. The Morgan fingerprint density at radius 1 is 0.882 bits per heavy atom. The first kappa shape index (κ1) is 11.6. The van der Waals surface area contributed by atoms with Gasteiger partial charge in [0.15, 0.2) is 0 Å². The number of hydrogen-bond acceptors (Lipinski definition) is 1. The van der Waals surface area contributed by atoms with Crippen molar-refractivity contribution in [3.05, 3.63) is 64.7 Å². The van der Waals surface area contributed by atoms with E-state index in [1.807, 2.05) is 48.5 Å². The summed E-state index contributed by atoms with van der Waals surface area (Å²) in [5.74, 6) is 6.87. The molecule has 2 aromatic rings. The number of hydrogen-bond donors (Lipinski definition) is 0. The van der Waals surface area contributed by atoms with E-state index >= 15 is 0 Å². The number of methoxy groups -OCH3 is 1. The lowest BCUT2D eigenvalue weighted by Crippen LogP contribution is -1.86. The summed E-state index contributed by atoms with van der Waals surface area (Å²) in [6.07, 6.45) is 0. The first-order valence-electron chi connectivity index (χ1n) is 5.21. The summed E-state index contributed by atoms with van der Waals surface area (Å²) in [6, 6.07) is 15.2. The van der Waals surface area contributed by atoms with E-state index in [1.54, 1.807) is 7.11 Å². The molecule has 0 aliphatic heterocycles. The smallest absolute Gasteiger partial charge is 0.134 e. The molecule has 2 rings (SSSR count). The minimum atomic E-state index is 0.662. The molecule has 0 saturated heterocycles. The molecule has 0 amide bonds. The Balaban J connectivity index is 2.37. The lowest BCUT2D eigenvalue weighted by molar-refractivity contribution is 0.413. The number of benzene rings is 2. The summed E-state index contributed by atoms with van der Waals surface area (Å²) in [7, 11) is 1.63. The van der Waals surface area contributed by atoms with E-state index < -0.39 is 0 Å². The lowest BCUT2D eigenvalue weighted by Gasteiger charge is -2.01. The molecular weight excluding hydrogens is 232 g/mol. The zero-order chi connectivity index (χ0) is 12.1. The highest BCUT2D eigenvalue weighted by atomic mass is 35.5. The van der Waals surface area contributed by atoms with E-state index in [-0.39, 0.29) is 0 Å². The van der Waals surface area contributed by atoms with Crippen molar-refractivity contribution in [3.8, 4) is 17.6 Å². The van der Waals surface area contributed by atoms with Crippen molar-refractivity contribution in [2.75, 3.05) is 7.11 Å². The summed E-state index contributed by atoms with van der Waals surface area (Å²) in [4.78, 5) is 0. The SMILES string of the molecule is COc1ccccc1C#Cc1ccccc1Cl. The molecule has 17 heavy (non-hydrogen) atoms. The molecular formula is C15H11ClO. The fourth-order valence-corrected chi connectivity index (χ4v) is 1.63. The molecule has 2 heteroatoms. The molecule has 0 aromatic heterocycles. The number of para-hydroxylation sites is 1. The number of halogens is 1. The fourth-order valence-electron chi connectivity index (χ4n) is 1.45. The van der Waals surface area contributed by atoms with Gasteiger partial charge in [0.2, 0.25) is 0 Å². The van der Waals surface area contributed by atoms with Gasteiger partial charge in [0, 0.05) is 5.56 Å². The maximum atomic E-state index is 6.03. The Morgan fingerprint density at radius 2 is 1.47 bits per heavy atom. The van der Waals surface area contributed by atoms with E-state index in [0.717, 1.165) is 16.9 Å². The molecule has 0 aliphatic rings. The minimum absolute atomic E-state index is 0.662. The molecule has 0 N–H and O–H groups in total. The van der Waals surface area contributed by atoms with Crippen molar-refractivity contribution in [3.63, 3.8) is 0 Å². The monoisotopic (exact) mass is 242 g/mol. The molecule has 2 aromatic carbocycles. The molecule has 0 saturated carbocycles. The van der Waals surface area contributed by atoms with Crippen LogP contribution in [0.3, 0.4) is 0 Å². The molecule has 0 aliphatic carbocycles. The summed E-state index contributed by atoms with van der Waals surface area (Å²) in [5.41, 5.74) is 1.68. The van der Waals surface area contributed by atoms with Gasteiger partial charge in [0.05, 0.1) is 17.7 Å². The van der Waals surface area contributed by atoms with Gasteiger partial charge in [-0.25, -0.2) is 0 Å². The van der Waals surface area contributed by atoms with Crippen molar-refractivity contribution in [2.24, 2.45) is 0 Å². The standard InChI is InChI=1S/C15H11ClO/c1-17-15-9-5-3-7-13(15)11-10-12-6-2-4-8-14(12)16/h2-9H,1H3. The van der Waals surface area contributed by atoms with Crippen molar-refractivity contribution >= 4 is 11.6 Å². The minimum Gasteiger partial charge on any atom is -0.495 e. The Labute approximate surface area is 106 Å². The van der Waals surface area contributed by atoms with Crippen LogP contribution in [0.1, 0.15) is 11.1 Å². The third-order valence-electron chi connectivity index (χ3n) is 2.31. The topological polar surface area (TPSA) is 9.23 Å². The largest absolute Gasteiger partial charge is 0.495 e. The van der Waals surface area contributed by atoms with Gasteiger partial charge in [-0.1, -0.05) is 47.7 Å². The van der Waals surface area contributed by atoms with E-state index in [4.69, 9.17) is 16.3 Å². The highest BCUT2D eigenvalue weighted by Gasteiger charge is 1.97. The molecule has 0 unspecified atom stereocenters. The summed E-state index contributed by atoms with van der Waals surface area (Å²) in [6.45, 7) is 0. The molecule has 84 valence electrons. The van der Waals surface area contributed by atoms with Crippen LogP contribution in [0.25, 0.3) is 0 Å². The van der Waals surface area contributed by atoms with Gasteiger partial charge in [-0.2, -0.15) is 0 Å². The van der Waals surface area contributed by atoms with E-state index in [1.165, 1.54) is 0 Å². The summed E-state index contributed by atoms with van der Waals surface area (Å²) >= 11 is 6.03. The van der Waals surface area contributed by atoms with Gasteiger partial charge >= 0.3 is 0 Å². The van der Waals surface area contributed by atoms with Crippen molar-refractivity contribution < 1.29 is 4.74 Å². The van der Waals surface area contributed by atoms with Gasteiger partial charge in [0.1, 0.15) is 5.75 Å². The Bertz CT molecular complexity index is 579. The third kappa shape index (κ3) is 2.81. The first-order chi connectivity index (χ1) is 8.31. The molecule has 1 nitrogen and oxygen atoms in total. The second kappa shape index (κ2) is 5.43. The maximum absolute atomic E-state index is 6.03. The zero-order valence-corrected chi connectivity index (χ0v) is 10.2. The maximum Gasteiger partial charge on any atom is 0.134 e. The van der Waals surface area contributed by atoms with E-state index in [2.05, 4.69) is 11.8 Å². The zero-order valence-electron chi connectivity index (χ0n) is 9.41. The molecule has 0 spiro atoms. The van der Waals surface area contributed by atoms with Gasteiger partial charge in [-0.15, -0.1) is 0 Å².